The normalized spacial score (nSPS) is 13.6. The van der Waals surface area contributed by atoms with Crippen molar-refractivity contribution in [1.82, 2.24) is 15.6 Å². The van der Waals surface area contributed by atoms with Crippen LogP contribution in [0.2, 0.25) is 0 Å². The Morgan fingerprint density at radius 2 is 1.76 bits per heavy atom. The molecule has 6 nitrogen and oxygen atoms in total. The van der Waals surface area contributed by atoms with Crippen molar-refractivity contribution >= 4 is 11.8 Å². The summed E-state index contributed by atoms with van der Waals surface area (Å²) in [6, 6.07) is 11.4. The number of methoxy groups -OCH3 is 1. The predicted octanol–water partition coefficient (Wildman–Crippen LogP) is 2.69. The Kier molecular flexibility index (Phi) is 5.72. The first-order valence-electron chi connectivity index (χ1n) is 8.59. The summed E-state index contributed by atoms with van der Waals surface area (Å²) >= 11 is 0. The van der Waals surface area contributed by atoms with Crippen LogP contribution in [0.25, 0.3) is 0 Å². The lowest BCUT2D eigenvalue weighted by molar-refractivity contribution is 0.240. The van der Waals surface area contributed by atoms with Crippen molar-refractivity contribution in [1.29, 1.82) is 0 Å². The molecule has 1 fully saturated rings. The van der Waals surface area contributed by atoms with Gasteiger partial charge < -0.3 is 20.3 Å². The van der Waals surface area contributed by atoms with Crippen LogP contribution < -0.4 is 20.3 Å². The molecule has 1 aliphatic heterocycles. The second-order valence-corrected chi connectivity index (χ2v) is 6.10. The van der Waals surface area contributed by atoms with E-state index in [4.69, 9.17) is 4.74 Å². The Labute approximate surface area is 148 Å². The van der Waals surface area contributed by atoms with E-state index >= 15 is 0 Å². The Morgan fingerprint density at radius 1 is 1.08 bits per heavy atom. The summed E-state index contributed by atoms with van der Waals surface area (Å²) in [5.41, 5.74) is 2.08. The number of carbonyl (C=O) groups is 1. The van der Waals surface area contributed by atoms with E-state index in [0.717, 1.165) is 35.8 Å². The SMILES string of the molecule is COc1ccc(CNC(=O)NCc2ccnc(N3CCCC3)c2)cc1. The van der Waals surface area contributed by atoms with Crippen molar-refractivity contribution in [3.8, 4) is 5.75 Å². The highest BCUT2D eigenvalue weighted by atomic mass is 16.5. The van der Waals surface area contributed by atoms with Gasteiger partial charge in [-0.2, -0.15) is 0 Å². The quantitative estimate of drug-likeness (QED) is 0.848. The fourth-order valence-corrected chi connectivity index (χ4v) is 2.86. The van der Waals surface area contributed by atoms with Crippen LogP contribution >= 0.6 is 0 Å². The molecule has 0 radical (unpaired) electrons. The van der Waals surface area contributed by atoms with Crippen LogP contribution in [-0.4, -0.2) is 31.2 Å². The summed E-state index contributed by atoms with van der Waals surface area (Å²) < 4.78 is 5.12. The summed E-state index contributed by atoms with van der Waals surface area (Å²) in [6.45, 7) is 3.08. The largest absolute Gasteiger partial charge is 0.497 e. The third-order valence-corrected chi connectivity index (χ3v) is 4.31. The molecular weight excluding hydrogens is 316 g/mol. The standard InChI is InChI=1S/C19H24N4O2/c1-25-17-6-4-15(5-7-17)13-21-19(24)22-14-16-8-9-20-18(12-16)23-10-2-3-11-23/h4-9,12H,2-3,10-11,13-14H2,1H3,(H2,21,22,24). The van der Waals surface area contributed by atoms with Crippen LogP contribution in [0, 0.1) is 0 Å². The van der Waals surface area contributed by atoms with Gasteiger partial charge >= 0.3 is 6.03 Å². The molecule has 2 N–H and O–H groups in total. The molecule has 2 amide bonds. The molecule has 0 atom stereocenters. The van der Waals surface area contributed by atoms with E-state index in [2.05, 4.69) is 26.6 Å². The van der Waals surface area contributed by atoms with Gasteiger partial charge in [-0.25, -0.2) is 9.78 Å². The molecule has 25 heavy (non-hydrogen) atoms. The number of urea groups is 1. The zero-order valence-corrected chi connectivity index (χ0v) is 14.5. The molecule has 0 aliphatic carbocycles. The lowest BCUT2D eigenvalue weighted by Gasteiger charge is -2.17. The van der Waals surface area contributed by atoms with Crippen LogP contribution in [-0.2, 0) is 13.1 Å². The minimum atomic E-state index is -0.185. The second-order valence-electron chi connectivity index (χ2n) is 6.10. The summed E-state index contributed by atoms with van der Waals surface area (Å²) in [5, 5.41) is 5.75. The van der Waals surface area contributed by atoms with Crippen LogP contribution in [0.15, 0.2) is 42.6 Å². The lowest BCUT2D eigenvalue weighted by Crippen LogP contribution is -2.34. The smallest absolute Gasteiger partial charge is 0.315 e. The molecule has 0 unspecified atom stereocenters. The van der Waals surface area contributed by atoms with Gasteiger partial charge in [0, 0.05) is 32.4 Å². The third kappa shape index (κ3) is 4.86. The fraction of sp³-hybridized carbons (Fsp3) is 0.368. The van der Waals surface area contributed by atoms with Crippen molar-refractivity contribution in [2.75, 3.05) is 25.1 Å². The van der Waals surface area contributed by atoms with Gasteiger partial charge in [0.2, 0.25) is 0 Å². The summed E-state index contributed by atoms with van der Waals surface area (Å²) in [4.78, 5) is 18.7. The Morgan fingerprint density at radius 3 is 2.44 bits per heavy atom. The number of pyridine rings is 1. The summed E-state index contributed by atoms with van der Waals surface area (Å²) in [6.07, 6.45) is 4.25. The molecule has 1 aromatic carbocycles. The minimum absolute atomic E-state index is 0.185. The van der Waals surface area contributed by atoms with Gasteiger partial charge in [0.05, 0.1) is 7.11 Å². The number of nitrogens with zero attached hydrogens (tertiary/aromatic N) is 2. The number of rotatable bonds is 6. The van der Waals surface area contributed by atoms with E-state index in [9.17, 15) is 4.79 Å². The number of amides is 2. The molecule has 6 heteroatoms. The Bertz CT molecular complexity index is 697. The lowest BCUT2D eigenvalue weighted by atomic mass is 10.2. The van der Waals surface area contributed by atoms with Gasteiger partial charge in [-0.15, -0.1) is 0 Å². The van der Waals surface area contributed by atoms with Crippen molar-refractivity contribution in [2.24, 2.45) is 0 Å². The number of benzene rings is 1. The van der Waals surface area contributed by atoms with Gasteiger partial charge in [0.1, 0.15) is 11.6 Å². The highest BCUT2D eigenvalue weighted by Gasteiger charge is 2.13. The topological polar surface area (TPSA) is 66.5 Å². The van der Waals surface area contributed by atoms with Gasteiger partial charge in [0.15, 0.2) is 0 Å². The second kappa shape index (κ2) is 8.37. The highest BCUT2D eigenvalue weighted by molar-refractivity contribution is 5.73. The fourth-order valence-electron chi connectivity index (χ4n) is 2.86. The third-order valence-electron chi connectivity index (χ3n) is 4.31. The molecule has 0 spiro atoms. The molecule has 3 rings (SSSR count). The van der Waals surface area contributed by atoms with Crippen LogP contribution in [0.5, 0.6) is 5.75 Å². The first kappa shape index (κ1) is 17.1. The molecule has 132 valence electrons. The highest BCUT2D eigenvalue weighted by Crippen LogP contribution is 2.18. The van der Waals surface area contributed by atoms with Crippen molar-refractivity contribution in [3.63, 3.8) is 0 Å². The zero-order valence-electron chi connectivity index (χ0n) is 14.5. The van der Waals surface area contributed by atoms with Crippen molar-refractivity contribution in [2.45, 2.75) is 25.9 Å². The maximum absolute atomic E-state index is 12.0. The molecule has 2 heterocycles. The Balaban J connectivity index is 1.46. The molecule has 0 saturated carbocycles. The Hall–Kier alpha value is -2.76. The predicted molar refractivity (Wildman–Crippen MR) is 97.8 cm³/mol. The van der Waals surface area contributed by atoms with Gasteiger partial charge in [-0.1, -0.05) is 12.1 Å². The van der Waals surface area contributed by atoms with E-state index in [0.29, 0.717) is 13.1 Å². The summed E-state index contributed by atoms with van der Waals surface area (Å²) in [5.74, 6) is 1.80. The number of ether oxygens (including phenoxy) is 1. The number of hydrogen-bond acceptors (Lipinski definition) is 4. The maximum Gasteiger partial charge on any atom is 0.315 e. The molecule has 1 aromatic heterocycles. The van der Waals surface area contributed by atoms with Gasteiger partial charge in [-0.3, -0.25) is 0 Å². The molecule has 1 saturated heterocycles. The molecule has 2 aromatic rings. The van der Waals surface area contributed by atoms with E-state index in [-0.39, 0.29) is 6.03 Å². The van der Waals surface area contributed by atoms with Crippen LogP contribution in [0.4, 0.5) is 10.6 Å². The van der Waals surface area contributed by atoms with Crippen molar-refractivity contribution in [3.05, 3.63) is 53.7 Å². The van der Waals surface area contributed by atoms with Gasteiger partial charge in [0.25, 0.3) is 0 Å². The zero-order chi connectivity index (χ0) is 17.5. The molecule has 0 bridgehead atoms. The first-order valence-corrected chi connectivity index (χ1v) is 8.59. The first-order chi connectivity index (χ1) is 12.2. The van der Waals surface area contributed by atoms with Crippen LogP contribution in [0.1, 0.15) is 24.0 Å². The van der Waals surface area contributed by atoms with E-state index in [1.807, 2.05) is 30.3 Å². The van der Waals surface area contributed by atoms with E-state index < -0.39 is 0 Å². The minimum Gasteiger partial charge on any atom is -0.497 e. The van der Waals surface area contributed by atoms with Crippen molar-refractivity contribution < 1.29 is 9.53 Å². The average Bonchev–Trinajstić information content (AvgIpc) is 3.20. The van der Waals surface area contributed by atoms with Gasteiger partial charge in [-0.05, 0) is 48.2 Å². The number of hydrogen-bond donors (Lipinski definition) is 2. The number of carbonyl (C=O) groups excluding carboxylic acids is 1. The van der Waals surface area contributed by atoms with Crippen LogP contribution in [0.3, 0.4) is 0 Å². The average molecular weight is 340 g/mol. The summed E-state index contributed by atoms with van der Waals surface area (Å²) in [7, 11) is 1.63. The number of anilines is 1. The van der Waals surface area contributed by atoms with E-state index in [1.165, 1.54) is 12.8 Å². The maximum atomic E-state index is 12.0. The van der Waals surface area contributed by atoms with E-state index in [1.54, 1.807) is 13.3 Å². The number of aromatic nitrogens is 1. The monoisotopic (exact) mass is 340 g/mol. The molecule has 1 aliphatic rings. The molecular formula is C19H24N4O2. The number of nitrogens with one attached hydrogen (secondary N) is 2.